The summed E-state index contributed by atoms with van der Waals surface area (Å²) < 4.78 is 42.6. The maximum Gasteiger partial charge on any atom is 0.490 e. The van der Waals surface area contributed by atoms with Crippen molar-refractivity contribution in [1.82, 2.24) is 9.55 Å². The van der Waals surface area contributed by atoms with Gasteiger partial charge in [-0.1, -0.05) is 0 Å². The predicted molar refractivity (Wildman–Crippen MR) is 126 cm³/mol. The van der Waals surface area contributed by atoms with Gasteiger partial charge in [0.25, 0.3) is 0 Å². The van der Waals surface area contributed by atoms with Crippen molar-refractivity contribution in [3.63, 3.8) is 0 Å². The highest BCUT2D eigenvalue weighted by Gasteiger charge is 2.43. The van der Waals surface area contributed by atoms with E-state index in [9.17, 15) is 33.5 Å². The Kier molecular flexibility index (Phi) is 15.6. The fraction of sp³-hybridized carbons (Fsp3) is 0.667. The maximum atomic E-state index is 11.5. The van der Waals surface area contributed by atoms with Crippen LogP contribution < -0.4 is 11.4 Å². The zero-order chi connectivity index (χ0) is 31.6. The molecule has 1 fully saturated rings. The molecule has 1 aromatic heterocycles. The Bertz CT molecular complexity index is 1110. The van der Waals surface area contributed by atoms with Crippen LogP contribution in [0.2, 0.25) is 0 Å². The van der Waals surface area contributed by atoms with Crippen LogP contribution in [0.25, 0.3) is 0 Å². The second-order valence-corrected chi connectivity index (χ2v) is 11.8. The van der Waals surface area contributed by atoms with Crippen LogP contribution in [-0.2, 0) is 31.8 Å². The molecular weight excluding hydrogens is 619 g/mol. The molecule has 0 aliphatic carbocycles. The quantitative estimate of drug-likeness (QED) is 0.0838. The third-order valence-electron chi connectivity index (χ3n) is 4.29. The number of phosphoric acid groups is 3. The molecule has 7 atom stereocenters. The Morgan fingerprint density at radius 3 is 1.93 bits per heavy atom. The molecule has 13 N–H and O–H groups in total. The molecule has 0 amide bonds. The maximum absolute atomic E-state index is 11.5. The van der Waals surface area contributed by atoms with Crippen LogP contribution in [-0.4, -0.2) is 114 Å². The highest BCUT2D eigenvalue weighted by molar-refractivity contribution is 7.66. The molecule has 1 aliphatic rings. The van der Waals surface area contributed by atoms with Crippen molar-refractivity contribution in [2.75, 3.05) is 12.3 Å². The van der Waals surface area contributed by atoms with Crippen molar-refractivity contribution in [2.45, 2.75) is 56.2 Å². The van der Waals surface area contributed by atoms with Gasteiger partial charge >= 0.3 is 29.2 Å². The van der Waals surface area contributed by atoms with Crippen molar-refractivity contribution in [3.05, 3.63) is 22.7 Å². The summed E-state index contributed by atoms with van der Waals surface area (Å²) in [6.07, 6.45) is -6.31. The van der Waals surface area contributed by atoms with Gasteiger partial charge in [0.1, 0.15) is 36.5 Å². The topological polar surface area (TPSA) is 379 Å². The third-order valence-corrected chi connectivity index (χ3v) is 7.64. The highest BCUT2D eigenvalue weighted by atomic mass is 31.3. The van der Waals surface area contributed by atoms with Gasteiger partial charge in [-0.25, -0.2) is 18.5 Å². The molecule has 1 saturated heterocycles. The first-order chi connectivity index (χ1) is 18.0. The SMILES string of the molecule is CC(O)C(O)C(O)CC=O.Nc1ccn([C@@H]2O[C@H](CO)[C@@H](O)[C@H]2O)c(=O)n1.O=P(O)(O)OP(=O)(O)OP(=O)(O)O. The Balaban J connectivity index is 0.000000596. The zero-order valence-corrected chi connectivity index (χ0v) is 22.9. The number of ether oxygens (including phenoxy) is 1. The van der Waals surface area contributed by atoms with Crippen LogP contribution in [0.5, 0.6) is 0 Å². The molecule has 0 saturated carbocycles. The number of anilines is 1. The van der Waals surface area contributed by atoms with Crippen molar-refractivity contribution in [3.8, 4) is 0 Å². The first-order valence-electron chi connectivity index (χ1n) is 10.4. The lowest BCUT2D eigenvalue weighted by atomic mass is 10.1. The summed E-state index contributed by atoms with van der Waals surface area (Å²) in [5.41, 5.74) is 4.63. The molecule has 22 nitrogen and oxygen atoms in total. The average Bonchev–Trinajstić information content (AvgIpc) is 3.04. The number of hydrogen-bond acceptors (Lipinski definition) is 16. The van der Waals surface area contributed by atoms with Crippen molar-refractivity contribution in [2.24, 2.45) is 0 Å². The lowest BCUT2D eigenvalue weighted by Gasteiger charge is -2.17. The second kappa shape index (κ2) is 16.2. The minimum Gasteiger partial charge on any atom is -0.394 e. The second-order valence-electron chi connectivity index (χ2n) is 7.59. The van der Waals surface area contributed by atoms with E-state index >= 15 is 0 Å². The van der Waals surface area contributed by atoms with Gasteiger partial charge in [-0.2, -0.15) is 13.6 Å². The largest absolute Gasteiger partial charge is 0.490 e. The van der Waals surface area contributed by atoms with E-state index in [1.54, 1.807) is 0 Å². The molecule has 0 bridgehead atoms. The van der Waals surface area contributed by atoms with E-state index in [1.165, 1.54) is 19.2 Å². The van der Waals surface area contributed by atoms with Crippen LogP contribution in [0, 0.1) is 0 Å². The molecule has 0 spiro atoms. The summed E-state index contributed by atoms with van der Waals surface area (Å²) in [5, 5.41) is 54.6. The van der Waals surface area contributed by atoms with Gasteiger partial charge in [-0.05, 0) is 13.0 Å². The van der Waals surface area contributed by atoms with E-state index in [0.717, 1.165) is 4.57 Å². The number of nitrogens with zero attached hydrogens (tertiary/aromatic N) is 2. The van der Waals surface area contributed by atoms with Crippen LogP contribution in [0.3, 0.4) is 0 Å². The normalized spacial score (nSPS) is 23.6. The van der Waals surface area contributed by atoms with Gasteiger partial charge in [0.2, 0.25) is 0 Å². The number of nitrogens with two attached hydrogens (primary N) is 1. The van der Waals surface area contributed by atoms with Gasteiger partial charge < -0.3 is 70.4 Å². The number of rotatable bonds is 10. The third kappa shape index (κ3) is 14.4. The first-order valence-corrected chi connectivity index (χ1v) is 14.9. The monoisotopic (exact) mass is 649 g/mol. The Morgan fingerprint density at radius 2 is 1.57 bits per heavy atom. The molecule has 1 aromatic rings. The van der Waals surface area contributed by atoms with E-state index in [0.29, 0.717) is 6.29 Å². The number of carbonyl (C=O) groups excluding carboxylic acids is 1. The minimum absolute atomic E-state index is 0.0537. The average molecular weight is 649 g/mol. The van der Waals surface area contributed by atoms with E-state index in [4.69, 9.17) is 55.4 Å². The number of aromatic nitrogens is 2. The number of hydrogen-bond donors (Lipinski definition) is 12. The van der Waals surface area contributed by atoms with Crippen molar-refractivity contribution < 1.29 is 87.0 Å². The van der Waals surface area contributed by atoms with E-state index in [1.807, 2.05) is 0 Å². The molecule has 40 heavy (non-hydrogen) atoms. The number of carbonyl (C=O) groups is 1. The molecule has 2 heterocycles. The smallest absolute Gasteiger partial charge is 0.394 e. The van der Waals surface area contributed by atoms with Gasteiger partial charge in [-0.15, -0.1) is 0 Å². The summed E-state index contributed by atoms with van der Waals surface area (Å²) in [7, 11) is -16.2. The van der Waals surface area contributed by atoms with E-state index in [-0.39, 0.29) is 12.2 Å². The summed E-state index contributed by atoms with van der Waals surface area (Å²) in [4.78, 5) is 65.0. The molecule has 1 aliphatic heterocycles. The number of nitrogen functional groups attached to an aromatic ring is 1. The summed E-state index contributed by atoms with van der Waals surface area (Å²) in [6.45, 7) is 0.893. The van der Waals surface area contributed by atoms with E-state index < -0.39 is 78.6 Å². The molecular formula is C15H30N3O19P3. The van der Waals surface area contributed by atoms with Crippen molar-refractivity contribution >= 4 is 35.6 Å². The molecule has 3 unspecified atom stereocenters. The van der Waals surface area contributed by atoms with Crippen LogP contribution in [0.15, 0.2) is 17.1 Å². The number of aliphatic hydroxyl groups is 6. The highest BCUT2D eigenvalue weighted by Crippen LogP contribution is 2.64. The Morgan fingerprint density at radius 1 is 1.07 bits per heavy atom. The van der Waals surface area contributed by atoms with E-state index in [2.05, 4.69) is 13.6 Å². The summed E-state index contributed by atoms with van der Waals surface area (Å²) in [6, 6.07) is 1.37. The molecule has 2 rings (SSSR count). The van der Waals surface area contributed by atoms with Crippen LogP contribution in [0.1, 0.15) is 19.6 Å². The van der Waals surface area contributed by atoms with Crippen LogP contribution >= 0.6 is 23.5 Å². The Labute approximate surface area is 223 Å². The first kappa shape index (κ1) is 38.5. The molecule has 234 valence electrons. The summed E-state index contributed by atoms with van der Waals surface area (Å²) in [5.74, 6) is 0.0537. The fourth-order valence-corrected chi connectivity index (χ4v) is 5.11. The van der Waals surface area contributed by atoms with Gasteiger partial charge in [0, 0.05) is 12.6 Å². The van der Waals surface area contributed by atoms with Gasteiger partial charge in [-0.3, -0.25) is 4.57 Å². The standard InChI is InChI=1S/C9H13N3O5.C6H12O4.H5O10P3/c10-5-1-2-12(9(16)11-5)8-7(15)6(14)4(3-13)17-8;1-4(8)6(10)5(9)2-3-7;1-11(2,3)9-13(7,8)10-12(4,5)6/h1-2,4,6-8,13-15H,3H2,(H2,10,11,16);3-6,8-10H,2H2,1H3;(H,7,8)(H2,1,2,3)(H2,4,5,6)/t4-,6-,7-,8-;;/m1../s1. The lowest BCUT2D eigenvalue weighted by Crippen LogP contribution is -2.36. The minimum atomic E-state index is -5.46. The molecule has 0 aromatic carbocycles. The predicted octanol–water partition coefficient (Wildman–Crippen LogP) is -4.58. The lowest BCUT2D eigenvalue weighted by molar-refractivity contribution is -0.113. The van der Waals surface area contributed by atoms with Gasteiger partial charge in [0.05, 0.1) is 18.8 Å². The fourth-order valence-electron chi connectivity index (χ4n) is 2.57. The van der Waals surface area contributed by atoms with Crippen LogP contribution in [0.4, 0.5) is 5.82 Å². The summed E-state index contributed by atoms with van der Waals surface area (Å²) >= 11 is 0. The molecule has 0 radical (unpaired) electrons. The van der Waals surface area contributed by atoms with Gasteiger partial charge in [0.15, 0.2) is 6.23 Å². The van der Waals surface area contributed by atoms with Crippen molar-refractivity contribution in [1.29, 1.82) is 0 Å². The number of aldehydes is 1. The molecule has 25 heteroatoms. The Hall–Kier alpha value is -1.52. The number of aliphatic hydroxyl groups excluding tert-OH is 6. The zero-order valence-electron chi connectivity index (χ0n) is 20.2.